The summed E-state index contributed by atoms with van der Waals surface area (Å²) in [6.45, 7) is 2.37. The summed E-state index contributed by atoms with van der Waals surface area (Å²) in [5.41, 5.74) is 0.533. The molecule has 0 saturated carbocycles. The molecule has 1 heterocycles. The van der Waals surface area contributed by atoms with Gasteiger partial charge in [0.15, 0.2) is 6.10 Å². The van der Waals surface area contributed by atoms with E-state index >= 15 is 0 Å². The number of aliphatic hydroxyl groups excluding tert-OH is 4. The molecule has 36 heavy (non-hydrogen) atoms. The number of ether oxygens (including phenoxy) is 2. The highest BCUT2D eigenvalue weighted by atomic mass is 16.5. The SMILES string of the molecule is CCCCCCCCCCCCCCCCCCOc1ccccc1[C]1O[C@H](CO)[C@@H](O)[C@H](O)[C@H]1O. The lowest BCUT2D eigenvalue weighted by atomic mass is 9.91. The van der Waals surface area contributed by atoms with E-state index in [2.05, 4.69) is 6.92 Å². The van der Waals surface area contributed by atoms with Crippen molar-refractivity contribution in [2.45, 2.75) is 134 Å². The molecule has 6 nitrogen and oxygen atoms in total. The van der Waals surface area contributed by atoms with Crippen LogP contribution in [0.2, 0.25) is 0 Å². The van der Waals surface area contributed by atoms with Crippen molar-refractivity contribution in [3.05, 3.63) is 35.9 Å². The van der Waals surface area contributed by atoms with Gasteiger partial charge in [-0.25, -0.2) is 0 Å². The molecule has 4 atom stereocenters. The number of hydrogen-bond acceptors (Lipinski definition) is 6. The minimum atomic E-state index is -1.43. The van der Waals surface area contributed by atoms with Crippen LogP contribution in [0.5, 0.6) is 5.75 Å². The van der Waals surface area contributed by atoms with Crippen molar-refractivity contribution in [2.75, 3.05) is 13.2 Å². The summed E-state index contributed by atoms with van der Waals surface area (Å²) in [4.78, 5) is 0. The van der Waals surface area contributed by atoms with Crippen molar-refractivity contribution in [1.82, 2.24) is 0 Å². The molecule has 4 N–H and O–H groups in total. The molecular weight excluding hydrogens is 456 g/mol. The highest BCUT2D eigenvalue weighted by Crippen LogP contribution is 2.36. The molecule has 6 heteroatoms. The second-order valence-corrected chi connectivity index (χ2v) is 10.3. The van der Waals surface area contributed by atoms with E-state index in [1.165, 1.54) is 89.9 Å². The summed E-state index contributed by atoms with van der Waals surface area (Å²) in [6, 6.07) is 7.19. The number of para-hydroxylation sites is 1. The van der Waals surface area contributed by atoms with Crippen LogP contribution < -0.4 is 4.74 Å². The van der Waals surface area contributed by atoms with E-state index in [0.717, 1.165) is 12.8 Å². The van der Waals surface area contributed by atoms with E-state index in [1.807, 2.05) is 6.07 Å². The van der Waals surface area contributed by atoms with Crippen LogP contribution in [0.4, 0.5) is 0 Å². The standard InChI is InChI=1S/C30H51O6/c1-2-3-4-5-6-7-8-9-10-11-12-13-14-15-16-19-22-35-25-21-18-17-20-24(25)30-29(34)28(33)27(32)26(23-31)36-30/h17-18,20-21,26-29,31-34H,2-16,19,22-23H2,1H3/t26-,27-,28+,29-/m1/s1. The monoisotopic (exact) mass is 507 g/mol. The first-order valence-corrected chi connectivity index (χ1v) is 14.5. The van der Waals surface area contributed by atoms with Gasteiger partial charge in [0.05, 0.1) is 13.2 Å². The van der Waals surface area contributed by atoms with Crippen molar-refractivity contribution in [3.63, 3.8) is 0 Å². The molecule has 1 saturated heterocycles. The Bertz CT molecular complexity index is 667. The summed E-state index contributed by atoms with van der Waals surface area (Å²) in [7, 11) is 0. The Hall–Kier alpha value is -1.18. The fraction of sp³-hybridized carbons (Fsp3) is 0.767. The Labute approximate surface area is 219 Å². The number of hydrogen-bond donors (Lipinski definition) is 4. The Kier molecular flexibility index (Phi) is 16.4. The van der Waals surface area contributed by atoms with Gasteiger partial charge < -0.3 is 29.9 Å². The van der Waals surface area contributed by atoms with Gasteiger partial charge in [-0.1, -0.05) is 121 Å². The molecule has 1 aliphatic heterocycles. The van der Waals surface area contributed by atoms with Crippen molar-refractivity contribution < 1.29 is 29.9 Å². The van der Waals surface area contributed by atoms with E-state index in [0.29, 0.717) is 17.9 Å². The quantitative estimate of drug-likeness (QED) is 0.169. The molecule has 0 aliphatic carbocycles. The molecule has 0 bridgehead atoms. The topological polar surface area (TPSA) is 99.4 Å². The summed E-state index contributed by atoms with van der Waals surface area (Å²) >= 11 is 0. The van der Waals surface area contributed by atoms with E-state index in [9.17, 15) is 20.4 Å². The van der Waals surface area contributed by atoms with Crippen LogP contribution in [0.15, 0.2) is 24.3 Å². The van der Waals surface area contributed by atoms with Gasteiger partial charge in [0.2, 0.25) is 0 Å². The van der Waals surface area contributed by atoms with Crippen LogP contribution in [0.25, 0.3) is 0 Å². The van der Waals surface area contributed by atoms with Crippen LogP contribution in [0.3, 0.4) is 0 Å². The average Bonchev–Trinajstić information content (AvgIpc) is 2.89. The van der Waals surface area contributed by atoms with Crippen LogP contribution in [-0.4, -0.2) is 58.1 Å². The zero-order chi connectivity index (χ0) is 26.0. The third-order valence-electron chi connectivity index (χ3n) is 7.19. The molecule has 0 aromatic heterocycles. The number of benzene rings is 1. The lowest BCUT2D eigenvalue weighted by molar-refractivity contribution is -0.184. The lowest BCUT2D eigenvalue weighted by Crippen LogP contribution is -2.55. The molecule has 1 aromatic rings. The maximum Gasteiger partial charge on any atom is 0.161 e. The normalized spacial score (nSPS) is 22.7. The van der Waals surface area contributed by atoms with Crippen LogP contribution >= 0.6 is 0 Å². The van der Waals surface area contributed by atoms with E-state index < -0.39 is 31.0 Å². The zero-order valence-corrected chi connectivity index (χ0v) is 22.5. The van der Waals surface area contributed by atoms with Gasteiger partial charge in [-0.15, -0.1) is 0 Å². The first-order chi connectivity index (χ1) is 17.6. The first kappa shape index (κ1) is 31.0. The highest BCUT2D eigenvalue weighted by Gasteiger charge is 2.45. The Balaban J connectivity index is 1.53. The molecule has 0 spiro atoms. The molecular formula is C30H51O6. The largest absolute Gasteiger partial charge is 0.493 e. The third kappa shape index (κ3) is 11.1. The molecule has 1 fully saturated rings. The summed E-state index contributed by atoms with van der Waals surface area (Å²) in [5.74, 6) is 0.563. The van der Waals surface area contributed by atoms with Gasteiger partial charge in [-0.05, 0) is 12.5 Å². The Morgan fingerprint density at radius 2 is 1.19 bits per heavy atom. The van der Waals surface area contributed by atoms with Gasteiger partial charge in [0.25, 0.3) is 0 Å². The van der Waals surface area contributed by atoms with Gasteiger partial charge in [-0.2, -0.15) is 0 Å². The number of unbranched alkanes of at least 4 members (excludes halogenated alkanes) is 15. The third-order valence-corrected chi connectivity index (χ3v) is 7.19. The first-order valence-electron chi connectivity index (χ1n) is 14.5. The minimum absolute atomic E-state index is 0.120. The summed E-state index contributed by atoms with van der Waals surface area (Å²) in [5, 5.41) is 40.0. The predicted molar refractivity (Wildman–Crippen MR) is 144 cm³/mol. The molecule has 2 rings (SSSR count). The van der Waals surface area contributed by atoms with Crippen LogP contribution in [0, 0.1) is 6.10 Å². The van der Waals surface area contributed by atoms with Gasteiger partial charge in [0, 0.05) is 5.56 Å². The lowest BCUT2D eigenvalue weighted by Gasteiger charge is -2.39. The van der Waals surface area contributed by atoms with Crippen molar-refractivity contribution in [2.24, 2.45) is 0 Å². The average molecular weight is 508 g/mol. The van der Waals surface area contributed by atoms with Crippen molar-refractivity contribution >= 4 is 0 Å². The fourth-order valence-corrected chi connectivity index (χ4v) is 4.86. The molecule has 207 valence electrons. The maximum atomic E-state index is 10.4. The van der Waals surface area contributed by atoms with E-state index in [-0.39, 0.29) is 6.10 Å². The predicted octanol–water partition coefficient (Wildman–Crippen LogP) is 5.68. The molecule has 1 aliphatic rings. The highest BCUT2D eigenvalue weighted by molar-refractivity contribution is 5.43. The number of aliphatic hydroxyl groups is 4. The smallest absolute Gasteiger partial charge is 0.161 e. The van der Waals surface area contributed by atoms with Gasteiger partial charge in [0.1, 0.15) is 30.2 Å². The van der Waals surface area contributed by atoms with Crippen LogP contribution in [0.1, 0.15) is 115 Å². The molecule has 1 aromatic carbocycles. The summed E-state index contributed by atoms with van der Waals surface area (Å²) < 4.78 is 11.6. The Morgan fingerprint density at radius 1 is 0.694 bits per heavy atom. The van der Waals surface area contributed by atoms with Gasteiger partial charge in [-0.3, -0.25) is 0 Å². The van der Waals surface area contributed by atoms with E-state index in [4.69, 9.17) is 9.47 Å². The maximum absolute atomic E-state index is 10.4. The van der Waals surface area contributed by atoms with Gasteiger partial charge >= 0.3 is 0 Å². The van der Waals surface area contributed by atoms with Crippen molar-refractivity contribution in [1.29, 1.82) is 0 Å². The van der Waals surface area contributed by atoms with Crippen molar-refractivity contribution in [3.8, 4) is 5.75 Å². The Morgan fingerprint density at radius 3 is 1.72 bits per heavy atom. The second kappa shape index (κ2) is 19.0. The summed E-state index contributed by atoms with van der Waals surface area (Å²) in [6.07, 6.45) is 16.1. The van der Waals surface area contributed by atoms with E-state index in [1.54, 1.807) is 18.2 Å². The molecule has 1 radical (unpaired) electrons. The number of rotatable bonds is 20. The fourth-order valence-electron chi connectivity index (χ4n) is 4.86. The molecule has 0 unspecified atom stereocenters. The molecule has 0 amide bonds. The second-order valence-electron chi connectivity index (χ2n) is 10.3. The zero-order valence-electron chi connectivity index (χ0n) is 22.5. The van der Waals surface area contributed by atoms with Crippen LogP contribution in [-0.2, 0) is 4.74 Å². The minimum Gasteiger partial charge on any atom is -0.493 e.